The van der Waals surface area contributed by atoms with Crippen LogP contribution >= 0.6 is 24.0 Å². The monoisotopic (exact) mass is 474 g/mol. The first-order valence-electron chi connectivity index (χ1n) is 9.30. The third kappa shape index (κ3) is 6.01. The fourth-order valence-electron chi connectivity index (χ4n) is 3.42. The maximum absolute atomic E-state index is 5.48. The van der Waals surface area contributed by atoms with Gasteiger partial charge < -0.3 is 15.4 Å². The van der Waals surface area contributed by atoms with E-state index in [1.54, 1.807) is 7.11 Å². The lowest BCUT2D eigenvalue weighted by molar-refractivity contribution is 0.265. The van der Waals surface area contributed by atoms with Gasteiger partial charge in [-0.25, -0.2) is 0 Å². The summed E-state index contributed by atoms with van der Waals surface area (Å²) in [7, 11) is 3.56. The second-order valence-electron chi connectivity index (χ2n) is 7.37. The number of likely N-dealkylation sites (tertiary alicyclic amines) is 1. The first-order chi connectivity index (χ1) is 12.0. The average molecular weight is 474 g/mol. The fourth-order valence-corrected chi connectivity index (χ4v) is 3.42. The SMILES string of the molecule is CN=C(NCC(C)c1ccccc1OC)NC1CN(C(C)C)CC1C.I. The lowest BCUT2D eigenvalue weighted by Crippen LogP contribution is -2.47. The zero-order valence-electron chi connectivity index (χ0n) is 17.0. The molecule has 1 aliphatic rings. The molecule has 1 aromatic carbocycles. The van der Waals surface area contributed by atoms with Crippen molar-refractivity contribution in [3.05, 3.63) is 29.8 Å². The van der Waals surface area contributed by atoms with Crippen LogP contribution in [-0.2, 0) is 0 Å². The van der Waals surface area contributed by atoms with Gasteiger partial charge in [-0.1, -0.05) is 32.0 Å². The van der Waals surface area contributed by atoms with E-state index in [1.165, 1.54) is 5.56 Å². The van der Waals surface area contributed by atoms with Crippen LogP contribution < -0.4 is 15.4 Å². The van der Waals surface area contributed by atoms with Crippen molar-refractivity contribution in [2.24, 2.45) is 10.9 Å². The Morgan fingerprint density at radius 2 is 1.96 bits per heavy atom. The molecule has 5 nitrogen and oxygen atoms in total. The number of hydrogen-bond donors (Lipinski definition) is 2. The van der Waals surface area contributed by atoms with Crippen LogP contribution in [0.3, 0.4) is 0 Å². The van der Waals surface area contributed by atoms with Gasteiger partial charge in [-0.05, 0) is 31.4 Å². The number of rotatable bonds is 6. The molecule has 1 aromatic rings. The van der Waals surface area contributed by atoms with Gasteiger partial charge in [0.2, 0.25) is 0 Å². The molecule has 6 heteroatoms. The Hall–Kier alpha value is -1.02. The van der Waals surface area contributed by atoms with Crippen LogP contribution in [0, 0.1) is 5.92 Å². The Morgan fingerprint density at radius 3 is 2.54 bits per heavy atom. The Balaban J connectivity index is 0.00000338. The smallest absolute Gasteiger partial charge is 0.191 e. The first kappa shape index (κ1) is 23.0. The molecule has 3 unspecified atom stereocenters. The maximum Gasteiger partial charge on any atom is 0.191 e. The van der Waals surface area contributed by atoms with Crippen molar-refractivity contribution in [1.82, 2.24) is 15.5 Å². The van der Waals surface area contributed by atoms with Crippen LogP contribution in [0.25, 0.3) is 0 Å². The van der Waals surface area contributed by atoms with E-state index < -0.39 is 0 Å². The van der Waals surface area contributed by atoms with Crippen LogP contribution in [0.15, 0.2) is 29.3 Å². The van der Waals surface area contributed by atoms with Gasteiger partial charge in [-0.3, -0.25) is 9.89 Å². The predicted octanol–water partition coefficient (Wildman–Crippen LogP) is 3.31. The normalized spacial score (nSPS) is 22.0. The minimum Gasteiger partial charge on any atom is -0.496 e. The molecular weight excluding hydrogens is 439 g/mol. The summed E-state index contributed by atoms with van der Waals surface area (Å²) in [5.41, 5.74) is 1.22. The van der Waals surface area contributed by atoms with Gasteiger partial charge in [0, 0.05) is 44.7 Å². The zero-order valence-corrected chi connectivity index (χ0v) is 19.3. The molecule has 2 rings (SSSR count). The molecule has 1 aliphatic heterocycles. The van der Waals surface area contributed by atoms with Gasteiger partial charge in [0.15, 0.2) is 5.96 Å². The number of nitrogens with zero attached hydrogens (tertiary/aromatic N) is 2. The number of para-hydroxylation sites is 1. The summed E-state index contributed by atoms with van der Waals surface area (Å²) in [5.74, 6) is 2.77. The van der Waals surface area contributed by atoms with E-state index in [0.29, 0.717) is 23.9 Å². The van der Waals surface area contributed by atoms with E-state index in [-0.39, 0.29) is 24.0 Å². The molecular formula is C20H35IN4O. The zero-order chi connectivity index (χ0) is 18.4. The minimum absolute atomic E-state index is 0. The van der Waals surface area contributed by atoms with Crippen molar-refractivity contribution < 1.29 is 4.74 Å². The number of benzene rings is 1. The molecule has 148 valence electrons. The number of methoxy groups -OCH3 is 1. The van der Waals surface area contributed by atoms with Crippen LogP contribution in [-0.4, -0.2) is 56.7 Å². The highest BCUT2D eigenvalue weighted by Crippen LogP contribution is 2.25. The molecule has 0 radical (unpaired) electrons. The van der Waals surface area contributed by atoms with Gasteiger partial charge in [-0.2, -0.15) is 0 Å². The molecule has 0 aromatic heterocycles. The first-order valence-corrected chi connectivity index (χ1v) is 9.30. The molecule has 0 spiro atoms. The van der Waals surface area contributed by atoms with Crippen molar-refractivity contribution in [3.8, 4) is 5.75 Å². The number of ether oxygens (including phenoxy) is 1. The third-order valence-electron chi connectivity index (χ3n) is 5.16. The summed E-state index contributed by atoms with van der Waals surface area (Å²) in [4.78, 5) is 6.93. The highest BCUT2D eigenvalue weighted by atomic mass is 127. The van der Waals surface area contributed by atoms with Crippen molar-refractivity contribution >= 4 is 29.9 Å². The van der Waals surface area contributed by atoms with Crippen LogP contribution in [0.5, 0.6) is 5.75 Å². The van der Waals surface area contributed by atoms with Crippen molar-refractivity contribution in [2.75, 3.05) is 33.8 Å². The summed E-state index contributed by atoms with van der Waals surface area (Å²) in [6.07, 6.45) is 0. The maximum atomic E-state index is 5.48. The molecule has 3 atom stereocenters. The van der Waals surface area contributed by atoms with Gasteiger partial charge >= 0.3 is 0 Å². The van der Waals surface area contributed by atoms with Gasteiger partial charge in [0.25, 0.3) is 0 Å². The van der Waals surface area contributed by atoms with Crippen LogP contribution in [0.4, 0.5) is 0 Å². The second kappa shape index (κ2) is 11.0. The average Bonchev–Trinajstić information content (AvgIpc) is 2.99. The molecule has 0 aliphatic carbocycles. The van der Waals surface area contributed by atoms with E-state index in [0.717, 1.165) is 31.3 Å². The van der Waals surface area contributed by atoms with Crippen molar-refractivity contribution in [1.29, 1.82) is 0 Å². The second-order valence-corrected chi connectivity index (χ2v) is 7.37. The van der Waals surface area contributed by atoms with Crippen molar-refractivity contribution in [2.45, 2.75) is 45.7 Å². The highest BCUT2D eigenvalue weighted by Gasteiger charge is 2.31. The molecule has 1 fully saturated rings. The molecule has 1 saturated heterocycles. The number of aliphatic imine (C=N–C) groups is 1. The van der Waals surface area contributed by atoms with Gasteiger partial charge in [0.1, 0.15) is 5.75 Å². The summed E-state index contributed by atoms with van der Waals surface area (Å²) in [6, 6.07) is 9.23. The topological polar surface area (TPSA) is 48.9 Å². The fraction of sp³-hybridized carbons (Fsp3) is 0.650. The quantitative estimate of drug-likeness (QED) is 0.378. The standard InChI is InChI=1S/C20H34N4O.HI/c1-14(2)24-12-16(4)18(13-24)23-20(21-5)22-11-15(3)17-9-7-8-10-19(17)25-6;/h7-10,14-16,18H,11-13H2,1-6H3,(H2,21,22,23);1H. The summed E-state index contributed by atoms with van der Waals surface area (Å²) < 4.78 is 5.48. The van der Waals surface area contributed by atoms with E-state index >= 15 is 0 Å². The summed E-state index contributed by atoms with van der Waals surface area (Å²) >= 11 is 0. The van der Waals surface area contributed by atoms with E-state index in [9.17, 15) is 0 Å². The number of guanidine groups is 1. The largest absolute Gasteiger partial charge is 0.496 e. The van der Waals surface area contributed by atoms with E-state index in [4.69, 9.17) is 4.74 Å². The van der Waals surface area contributed by atoms with E-state index in [1.807, 2.05) is 19.2 Å². The molecule has 26 heavy (non-hydrogen) atoms. The minimum atomic E-state index is 0. The lowest BCUT2D eigenvalue weighted by atomic mass is 10.00. The predicted molar refractivity (Wildman–Crippen MR) is 121 cm³/mol. The molecule has 2 N–H and O–H groups in total. The Morgan fingerprint density at radius 1 is 1.27 bits per heavy atom. The Kier molecular flexibility index (Phi) is 9.71. The van der Waals surface area contributed by atoms with Crippen molar-refractivity contribution in [3.63, 3.8) is 0 Å². The lowest BCUT2D eigenvalue weighted by Gasteiger charge is -2.23. The molecule has 0 bridgehead atoms. The van der Waals surface area contributed by atoms with Gasteiger partial charge in [-0.15, -0.1) is 24.0 Å². The Bertz CT molecular complexity index is 579. The molecule has 1 heterocycles. The summed E-state index contributed by atoms with van der Waals surface area (Å²) in [6.45, 7) is 12.1. The molecule has 0 saturated carbocycles. The Labute approximate surface area is 176 Å². The summed E-state index contributed by atoms with van der Waals surface area (Å²) in [5, 5.41) is 7.08. The number of nitrogens with one attached hydrogen (secondary N) is 2. The number of hydrogen-bond acceptors (Lipinski definition) is 3. The van der Waals surface area contributed by atoms with Crippen LogP contribution in [0.2, 0.25) is 0 Å². The molecule has 0 amide bonds. The number of halogens is 1. The van der Waals surface area contributed by atoms with Gasteiger partial charge in [0.05, 0.1) is 7.11 Å². The third-order valence-corrected chi connectivity index (χ3v) is 5.16. The van der Waals surface area contributed by atoms with E-state index in [2.05, 4.69) is 60.4 Å². The van der Waals surface area contributed by atoms with Crippen LogP contribution in [0.1, 0.15) is 39.2 Å². The highest BCUT2D eigenvalue weighted by molar-refractivity contribution is 14.0.